The van der Waals surface area contributed by atoms with Crippen LogP contribution in [0.5, 0.6) is 0 Å². The Kier molecular flexibility index (Phi) is 38.0. The van der Waals surface area contributed by atoms with Crippen LogP contribution in [-0.4, -0.2) is 34.9 Å². The molecule has 0 heterocycles. The maximum atomic E-state index is 12.3. The smallest absolute Gasteiger partial charge is 0.220 e. The molecule has 0 rings (SSSR count). The summed E-state index contributed by atoms with van der Waals surface area (Å²) in [5.41, 5.74) is 0. The highest BCUT2D eigenvalue weighted by Gasteiger charge is 2.19. The van der Waals surface area contributed by atoms with E-state index in [4.69, 9.17) is 0 Å². The maximum Gasteiger partial charge on any atom is 0.220 e. The van der Waals surface area contributed by atoms with Crippen molar-refractivity contribution in [1.82, 2.24) is 5.32 Å². The van der Waals surface area contributed by atoms with Crippen LogP contribution in [0.2, 0.25) is 0 Å². The molecule has 2 atom stereocenters. The number of aliphatic hydroxyl groups excluding tert-OH is 2. The van der Waals surface area contributed by atoms with E-state index in [1.54, 1.807) is 0 Å². The van der Waals surface area contributed by atoms with Gasteiger partial charge in [0.15, 0.2) is 0 Å². The molecule has 2 unspecified atom stereocenters. The largest absolute Gasteiger partial charge is 0.394 e. The van der Waals surface area contributed by atoms with Crippen LogP contribution in [0.4, 0.5) is 0 Å². The predicted octanol–water partition coefficient (Wildman–Crippen LogP) is 12.5. The second-order valence-corrected chi connectivity index (χ2v) is 13.3. The number of unbranched alkanes of at least 4 members (excludes halogenated alkanes) is 14. The number of carbonyl (C=O) groups excluding carboxylic acids is 1. The maximum absolute atomic E-state index is 12.3. The minimum atomic E-state index is -0.663. The van der Waals surface area contributed by atoms with Gasteiger partial charge in [0.2, 0.25) is 5.91 Å². The first-order valence-electron chi connectivity index (χ1n) is 20.3. The summed E-state index contributed by atoms with van der Waals surface area (Å²) < 4.78 is 0. The van der Waals surface area contributed by atoms with Crippen molar-refractivity contribution >= 4 is 5.91 Å². The highest BCUT2D eigenvalue weighted by molar-refractivity contribution is 5.76. The standard InChI is InChI=1S/C45H77NO3/c1-3-5-7-9-11-12-13-14-15-16-17-18-19-20-21-22-23-24-25-26-27-28-29-30-31-32-33-34-35-37-39-41-45(49)46-43(42-47)44(48)40-38-36-10-8-6-4-2/h5,7,11-12,14-15,17-18,20-21,23-24,26-27,43-44,47-48H,3-4,6,8-10,13,16,19,22,25,28-42H2,1-2H3,(H,46,49)/b7-5-,12-11-,15-14-,18-17-,21-20-,24-23-,27-26-. The molecule has 4 heteroatoms. The SMILES string of the molecule is CC/C=C\C/C=C\C/C=C\C/C=C\C/C=C\C/C=C\C/C=C\CCCCCCCCCCCC(=O)NC(CO)C(O)CCCCCCCC. The number of rotatable bonds is 35. The Hall–Kier alpha value is -2.43. The van der Waals surface area contributed by atoms with Gasteiger partial charge in [0.05, 0.1) is 18.8 Å². The lowest BCUT2D eigenvalue weighted by Crippen LogP contribution is -2.45. The summed E-state index contributed by atoms with van der Waals surface area (Å²) in [5.74, 6) is -0.0487. The molecule has 0 aliphatic rings. The normalized spacial score (nSPS) is 14.0. The van der Waals surface area contributed by atoms with Crippen LogP contribution in [0.15, 0.2) is 85.1 Å². The summed E-state index contributed by atoms with van der Waals surface area (Å²) in [5, 5.41) is 22.8. The molecule has 3 N–H and O–H groups in total. The first kappa shape index (κ1) is 46.6. The Morgan fingerprint density at radius 3 is 1.35 bits per heavy atom. The van der Waals surface area contributed by atoms with Crippen LogP contribution in [-0.2, 0) is 4.79 Å². The van der Waals surface area contributed by atoms with Crippen LogP contribution in [0.3, 0.4) is 0 Å². The van der Waals surface area contributed by atoms with Gasteiger partial charge in [0, 0.05) is 6.42 Å². The fraction of sp³-hybridized carbons (Fsp3) is 0.667. The van der Waals surface area contributed by atoms with Crippen molar-refractivity contribution in [2.24, 2.45) is 0 Å². The predicted molar refractivity (Wildman–Crippen MR) is 216 cm³/mol. The Labute approximate surface area is 303 Å². The van der Waals surface area contributed by atoms with Gasteiger partial charge in [-0.25, -0.2) is 0 Å². The quantitative estimate of drug-likeness (QED) is 0.0461. The highest BCUT2D eigenvalue weighted by Crippen LogP contribution is 2.13. The molecular formula is C45H77NO3. The van der Waals surface area contributed by atoms with Gasteiger partial charge in [-0.2, -0.15) is 0 Å². The van der Waals surface area contributed by atoms with Gasteiger partial charge < -0.3 is 15.5 Å². The minimum Gasteiger partial charge on any atom is -0.394 e. The Bertz CT molecular complexity index is 910. The third-order valence-electron chi connectivity index (χ3n) is 8.67. The minimum absolute atomic E-state index is 0.0487. The van der Waals surface area contributed by atoms with Crippen molar-refractivity contribution in [2.45, 2.75) is 187 Å². The molecule has 0 fully saturated rings. The first-order valence-corrected chi connectivity index (χ1v) is 20.3. The van der Waals surface area contributed by atoms with Gasteiger partial charge in [-0.05, 0) is 70.6 Å². The lowest BCUT2D eigenvalue weighted by atomic mass is 10.0. The molecule has 49 heavy (non-hydrogen) atoms. The van der Waals surface area contributed by atoms with E-state index in [-0.39, 0.29) is 12.5 Å². The molecule has 4 nitrogen and oxygen atoms in total. The second kappa shape index (κ2) is 40.0. The van der Waals surface area contributed by atoms with Gasteiger partial charge >= 0.3 is 0 Å². The third-order valence-corrected chi connectivity index (χ3v) is 8.67. The van der Waals surface area contributed by atoms with E-state index < -0.39 is 12.1 Å². The molecular weight excluding hydrogens is 602 g/mol. The average Bonchev–Trinajstić information content (AvgIpc) is 3.10. The Morgan fingerprint density at radius 1 is 0.510 bits per heavy atom. The first-order chi connectivity index (χ1) is 24.2. The molecule has 0 aromatic rings. The zero-order valence-electron chi connectivity index (χ0n) is 31.9. The summed E-state index contributed by atoms with van der Waals surface area (Å²) in [7, 11) is 0. The van der Waals surface area contributed by atoms with Crippen molar-refractivity contribution in [3.8, 4) is 0 Å². The second-order valence-electron chi connectivity index (χ2n) is 13.3. The molecule has 1 amide bonds. The van der Waals surface area contributed by atoms with Gasteiger partial charge in [0.1, 0.15) is 0 Å². The van der Waals surface area contributed by atoms with Crippen LogP contribution in [0, 0.1) is 0 Å². The molecule has 0 bridgehead atoms. The summed E-state index contributed by atoms with van der Waals surface area (Å²) in [6.45, 7) is 4.16. The van der Waals surface area contributed by atoms with E-state index in [2.05, 4.69) is 104 Å². The van der Waals surface area contributed by atoms with Gasteiger partial charge in [-0.3, -0.25) is 4.79 Å². The van der Waals surface area contributed by atoms with Crippen molar-refractivity contribution in [1.29, 1.82) is 0 Å². The number of nitrogens with one attached hydrogen (secondary N) is 1. The Balaban J connectivity index is 3.57. The number of carbonyl (C=O) groups is 1. The number of aliphatic hydroxyl groups is 2. The van der Waals surface area contributed by atoms with E-state index in [0.717, 1.165) is 70.6 Å². The molecule has 0 saturated carbocycles. The average molecular weight is 680 g/mol. The van der Waals surface area contributed by atoms with Crippen molar-refractivity contribution in [3.63, 3.8) is 0 Å². The molecule has 0 aromatic carbocycles. The highest BCUT2D eigenvalue weighted by atomic mass is 16.3. The third kappa shape index (κ3) is 36.7. The Morgan fingerprint density at radius 2 is 0.898 bits per heavy atom. The van der Waals surface area contributed by atoms with Crippen LogP contribution >= 0.6 is 0 Å². The lowest BCUT2D eigenvalue weighted by molar-refractivity contribution is -0.123. The molecule has 0 spiro atoms. The van der Waals surface area contributed by atoms with Crippen LogP contribution in [0.25, 0.3) is 0 Å². The van der Waals surface area contributed by atoms with Gasteiger partial charge in [0.25, 0.3) is 0 Å². The molecule has 0 aliphatic carbocycles. The number of amides is 1. The van der Waals surface area contributed by atoms with E-state index in [9.17, 15) is 15.0 Å². The van der Waals surface area contributed by atoms with Crippen molar-refractivity contribution < 1.29 is 15.0 Å². The van der Waals surface area contributed by atoms with Crippen LogP contribution < -0.4 is 5.32 Å². The van der Waals surface area contributed by atoms with Gasteiger partial charge in [-0.15, -0.1) is 0 Å². The van der Waals surface area contributed by atoms with Crippen LogP contribution in [0.1, 0.15) is 174 Å². The summed E-state index contributed by atoms with van der Waals surface area (Å²) in [4.78, 5) is 12.3. The van der Waals surface area contributed by atoms with E-state index in [1.807, 2.05) is 0 Å². The van der Waals surface area contributed by atoms with E-state index >= 15 is 0 Å². The molecule has 0 radical (unpaired) electrons. The number of allylic oxidation sites excluding steroid dienone is 14. The van der Waals surface area contributed by atoms with Crippen molar-refractivity contribution in [2.75, 3.05) is 6.61 Å². The topological polar surface area (TPSA) is 69.6 Å². The van der Waals surface area contributed by atoms with Gasteiger partial charge in [-0.1, -0.05) is 182 Å². The fourth-order valence-corrected chi connectivity index (χ4v) is 5.57. The summed E-state index contributed by atoms with van der Waals surface area (Å²) >= 11 is 0. The summed E-state index contributed by atoms with van der Waals surface area (Å²) in [6, 6.07) is -0.541. The molecule has 280 valence electrons. The monoisotopic (exact) mass is 680 g/mol. The van der Waals surface area contributed by atoms with E-state index in [1.165, 1.54) is 77.0 Å². The molecule has 0 aliphatic heterocycles. The van der Waals surface area contributed by atoms with E-state index in [0.29, 0.717) is 12.8 Å². The zero-order valence-corrected chi connectivity index (χ0v) is 31.9. The lowest BCUT2D eigenvalue weighted by Gasteiger charge is -2.22. The molecule has 0 aromatic heterocycles. The molecule has 0 saturated heterocycles. The zero-order chi connectivity index (χ0) is 35.7. The van der Waals surface area contributed by atoms with Crippen molar-refractivity contribution in [3.05, 3.63) is 85.1 Å². The fourth-order valence-electron chi connectivity index (χ4n) is 5.57. The number of hydrogen-bond donors (Lipinski definition) is 3. The number of hydrogen-bond acceptors (Lipinski definition) is 3. The summed E-state index contributed by atoms with van der Waals surface area (Å²) in [6.07, 6.45) is 58.2.